The Morgan fingerprint density at radius 1 is 1.14 bits per heavy atom. The lowest BCUT2D eigenvalue weighted by molar-refractivity contribution is -0.152. The first-order valence-electron chi connectivity index (χ1n) is 9.80. The predicted octanol–water partition coefficient (Wildman–Crippen LogP) is 2.57. The lowest BCUT2D eigenvalue weighted by Gasteiger charge is -2.51. The van der Waals surface area contributed by atoms with Gasteiger partial charge in [-0.3, -0.25) is 14.4 Å². The number of hydrogen-bond acceptors (Lipinski definition) is 3. The fourth-order valence-electron chi connectivity index (χ4n) is 4.79. The fourth-order valence-corrected chi connectivity index (χ4v) is 4.79. The van der Waals surface area contributed by atoms with E-state index in [1.165, 1.54) is 0 Å². The normalized spacial score (nSPS) is 21.5. The summed E-state index contributed by atoms with van der Waals surface area (Å²) in [6.07, 6.45) is 1.65. The molecule has 1 unspecified atom stereocenters. The Balaban J connectivity index is 1.92. The van der Waals surface area contributed by atoms with Crippen molar-refractivity contribution in [2.24, 2.45) is 0 Å². The maximum absolute atomic E-state index is 13.3. The van der Waals surface area contributed by atoms with Gasteiger partial charge in [-0.1, -0.05) is 5.92 Å². The summed E-state index contributed by atoms with van der Waals surface area (Å²) in [5.74, 6) is 5.10. The molecule has 5 nitrogen and oxygen atoms in total. The highest BCUT2D eigenvalue weighted by molar-refractivity contribution is 6.10. The van der Waals surface area contributed by atoms with E-state index >= 15 is 0 Å². The monoisotopic (exact) mass is 380 g/mol. The van der Waals surface area contributed by atoms with E-state index in [4.69, 9.17) is 0 Å². The number of amides is 2. The summed E-state index contributed by atoms with van der Waals surface area (Å²) < 4.78 is 0. The molecule has 148 valence electrons. The highest BCUT2D eigenvalue weighted by atomic mass is 16.2. The Morgan fingerprint density at radius 2 is 1.71 bits per heavy atom. The van der Waals surface area contributed by atoms with Crippen LogP contribution < -0.4 is 0 Å². The van der Waals surface area contributed by atoms with Crippen LogP contribution in [0.5, 0.6) is 0 Å². The van der Waals surface area contributed by atoms with Gasteiger partial charge >= 0.3 is 0 Å². The number of Topliss-reactive ketones (excluding diaryl/α,β-unsaturated/α-hetero) is 1. The molecule has 2 saturated heterocycles. The first kappa shape index (κ1) is 20.1. The number of nitrogens with zero attached hydrogens (tertiary/aromatic N) is 2. The van der Waals surface area contributed by atoms with Crippen LogP contribution in [-0.4, -0.2) is 53.1 Å². The minimum atomic E-state index is -0.745. The number of hydrogen-bond donors (Lipinski definition) is 0. The molecule has 0 N–H and O–H groups in total. The highest BCUT2D eigenvalue weighted by Crippen LogP contribution is 2.41. The molecule has 1 spiro atoms. The van der Waals surface area contributed by atoms with Gasteiger partial charge in [0, 0.05) is 39.0 Å². The van der Waals surface area contributed by atoms with Crippen LogP contribution in [-0.2, 0) is 14.4 Å². The smallest absolute Gasteiger partial charge is 0.237 e. The molecule has 2 amide bonds. The zero-order valence-electron chi connectivity index (χ0n) is 17.4. The number of carbonyl (C=O) groups is 3. The van der Waals surface area contributed by atoms with Crippen molar-refractivity contribution < 1.29 is 14.4 Å². The minimum Gasteiger partial charge on any atom is -0.343 e. The predicted molar refractivity (Wildman–Crippen MR) is 108 cm³/mol. The van der Waals surface area contributed by atoms with E-state index in [2.05, 4.69) is 11.8 Å². The topological polar surface area (TPSA) is 57.7 Å². The standard InChI is InChI=1S/C23H28N2O3/c1-6-7-18-12-15(2)20(16(3)13-18)21-19(27)14-23(24(5)22(21)28)8-10-25(11-9-23)17(4)26/h12-13,21H,8-11,14H2,1-5H3. The van der Waals surface area contributed by atoms with Gasteiger partial charge in [0.2, 0.25) is 11.8 Å². The van der Waals surface area contributed by atoms with Crippen LogP contribution in [0.1, 0.15) is 61.3 Å². The molecule has 1 atom stereocenters. The average Bonchev–Trinajstić information content (AvgIpc) is 2.63. The van der Waals surface area contributed by atoms with Crippen LogP contribution in [0.25, 0.3) is 0 Å². The molecule has 0 radical (unpaired) electrons. The van der Waals surface area contributed by atoms with Crippen LogP contribution in [0.3, 0.4) is 0 Å². The van der Waals surface area contributed by atoms with Crippen LogP contribution >= 0.6 is 0 Å². The zero-order valence-corrected chi connectivity index (χ0v) is 17.4. The first-order chi connectivity index (χ1) is 13.2. The van der Waals surface area contributed by atoms with Crippen molar-refractivity contribution in [2.45, 2.75) is 58.4 Å². The van der Waals surface area contributed by atoms with E-state index in [0.29, 0.717) is 32.4 Å². The summed E-state index contributed by atoms with van der Waals surface area (Å²) in [5.41, 5.74) is 3.12. The summed E-state index contributed by atoms with van der Waals surface area (Å²) >= 11 is 0. The second-order valence-electron chi connectivity index (χ2n) is 8.10. The Kier molecular flexibility index (Phi) is 5.34. The van der Waals surface area contributed by atoms with E-state index in [1.807, 2.05) is 33.0 Å². The number of piperidine rings is 2. The Hall–Kier alpha value is -2.61. The Labute approximate surface area is 167 Å². The maximum atomic E-state index is 13.3. The van der Waals surface area contributed by atoms with Crippen molar-refractivity contribution in [1.82, 2.24) is 9.80 Å². The van der Waals surface area contributed by atoms with Crippen molar-refractivity contribution in [1.29, 1.82) is 0 Å². The summed E-state index contributed by atoms with van der Waals surface area (Å²) in [5, 5.41) is 0. The number of aryl methyl sites for hydroxylation is 2. The molecule has 2 aliphatic rings. The molecule has 5 heteroatoms. The summed E-state index contributed by atoms with van der Waals surface area (Å²) in [4.78, 5) is 41.8. The summed E-state index contributed by atoms with van der Waals surface area (Å²) in [7, 11) is 1.81. The van der Waals surface area contributed by atoms with Gasteiger partial charge < -0.3 is 9.80 Å². The number of carbonyl (C=O) groups excluding carboxylic acids is 3. The van der Waals surface area contributed by atoms with E-state index in [-0.39, 0.29) is 17.6 Å². The minimum absolute atomic E-state index is 0.0140. The highest BCUT2D eigenvalue weighted by Gasteiger charge is 2.51. The van der Waals surface area contributed by atoms with E-state index in [0.717, 1.165) is 22.3 Å². The third-order valence-corrected chi connectivity index (χ3v) is 6.41. The largest absolute Gasteiger partial charge is 0.343 e. The van der Waals surface area contributed by atoms with Gasteiger partial charge in [-0.25, -0.2) is 0 Å². The molecular formula is C23H28N2O3. The number of likely N-dealkylation sites (N-methyl/N-ethyl adjacent to an activating group) is 1. The quantitative estimate of drug-likeness (QED) is 0.556. The number of benzene rings is 1. The van der Waals surface area contributed by atoms with Crippen molar-refractivity contribution >= 4 is 17.6 Å². The molecule has 1 aromatic rings. The van der Waals surface area contributed by atoms with Gasteiger partial charge in [0.05, 0.1) is 5.54 Å². The fraction of sp³-hybridized carbons (Fsp3) is 0.522. The zero-order chi connectivity index (χ0) is 20.6. The lowest BCUT2D eigenvalue weighted by atomic mass is 9.72. The van der Waals surface area contributed by atoms with Crippen LogP contribution in [0.2, 0.25) is 0 Å². The Morgan fingerprint density at radius 3 is 2.21 bits per heavy atom. The number of likely N-dealkylation sites (tertiary alicyclic amines) is 2. The molecule has 0 aliphatic carbocycles. The molecule has 2 heterocycles. The maximum Gasteiger partial charge on any atom is 0.237 e. The SMILES string of the molecule is CC#Cc1cc(C)c(C2C(=O)CC3(CCN(C(C)=O)CC3)N(C)C2=O)c(C)c1. The average molecular weight is 380 g/mol. The van der Waals surface area contributed by atoms with Crippen molar-refractivity contribution in [2.75, 3.05) is 20.1 Å². The molecule has 0 aromatic heterocycles. The molecule has 1 aromatic carbocycles. The van der Waals surface area contributed by atoms with E-state index < -0.39 is 11.5 Å². The number of ketones is 1. The third-order valence-electron chi connectivity index (χ3n) is 6.41. The summed E-state index contributed by atoms with van der Waals surface area (Å²) in [6, 6.07) is 3.91. The molecule has 0 saturated carbocycles. The van der Waals surface area contributed by atoms with Crippen LogP contribution in [0.15, 0.2) is 12.1 Å². The molecule has 2 fully saturated rings. The van der Waals surface area contributed by atoms with Crippen molar-refractivity contribution in [3.05, 3.63) is 34.4 Å². The van der Waals surface area contributed by atoms with Gasteiger partial charge in [0.15, 0.2) is 5.78 Å². The lowest BCUT2D eigenvalue weighted by Crippen LogP contribution is -2.62. The molecule has 0 bridgehead atoms. The third kappa shape index (κ3) is 3.32. The first-order valence-corrected chi connectivity index (χ1v) is 9.80. The van der Waals surface area contributed by atoms with Crippen molar-refractivity contribution in [3.8, 4) is 11.8 Å². The van der Waals surface area contributed by atoms with Gasteiger partial charge in [0.1, 0.15) is 5.92 Å². The van der Waals surface area contributed by atoms with Gasteiger partial charge in [-0.2, -0.15) is 0 Å². The second-order valence-corrected chi connectivity index (χ2v) is 8.10. The van der Waals surface area contributed by atoms with Crippen LogP contribution in [0, 0.1) is 25.7 Å². The van der Waals surface area contributed by atoms with Gasteiger partial charge in [0.25, 0.3) is 0 Å². The number of rotatable bonds is 1. The van der Waals surface area contributed by atoms with Gasteiger partial charge in [-0.15, -0.1) is 5.92 Å². The molecule has 28 heavy (non-hydrogen) atoms. The van der Waals surface area contributed by atoms with Crippen molar-refractivity contribution in [3.63, 3.8) is 0 Å². The Bertz CT molecular complexity index is 875. The van der Waals surface area contributed by atoms with Gasteiger partial charge in [-0.05, 0) is 62.4 Å². The van der Waals surface area contributed by atoms with E-state index in [1.54, 1.807) is 23.6 Å². The van der Waals surface area contributed by atoms with E-state index in [9.17, 15) is 14.4 Å². The van der Waals surface area contributed by atoms with Crippen LogP contribution in [0.4, 0.5) is 0 Å². The molecule has 3 rings (SSSR count). The molecular weight excluding hydrogens is 352 g/mol. The second kappa shape index (κ2) is 7.43. The molecule has 2 aliphatic heterocycles. The summed E-state index contributed by atoms with van der Waals surface area (Å²) in [6.45, 7) is 8.42.